The van der Waals surface area contributed by atoms with Crippen LogP contribution >= 0.6 is 11.6 Å². The van der Waals surface area contributed by atoms with Crippen LogP contribution in [0.25, 0.3) is 10.9 Å². The number of benzene rings is 1. The lowest BCUT2D eigenvalue weighted by molar-refractivity contribution is -0.105. The second kappa shape index (κ2) is 9.06. The predicted molar refractivity (Wildman–Crippen MR) is 138 cm³/mol. The van der Waals surface area contributed by atoms with E-state index in [9.17, 15) is 13.6 Å². The van der Waals surface area contributed by atoms with Crippen LogP contribution in [0.2, 0.25) is 5.02 Å². The largest absolute Gasteiger partial charge is 0.486 e. The Morgan fingerprint density at radius 1 is 1.22 bits per heavy atom. The zero-order valence-corrected chi connectivity index (χ0v) is 21.4. The van der Waals surface area contributed by atoms with Crippen molar-refractivity contribution >= 4 is 45.6 Å². The first-order chi connectivity index (χ1) is 17.1. The Bertz CT molecular complexity index is 1370. The van der Waals surface area contributed by atoms with Crippen LogP contribution in [0.5, 0.6) is 5.75 Å². The molecule has 1 saturated heterocycles. The number of hydrogen-bond donors (Lipinski definition) is 2. The normalized spacial score (nSPS) is 23.4. The number of anilines is 4. The van der Waals surface area contributed by atoms with Crippen LogP contribution in [-0.4, -0.2) is 46.2 Å². The van der Waals surface area contributed by atoms with E-state index in [1.165, 1.54) is 6.20 Å². The summed E-state index contributed by atoms with van der Waals surface area (Å²) in [5.74, 6) is -3.36. The molecule has 3 atom stereocenters. The van der Waals surface area contributed by atoms with Gasteiger partial charge in [0.1, 0.15) is 5.02 Å². The first-order valence-electron chi connectivity index (χ1n) is 12.0. The molecular formula is C25H29ClF2N6O2. The van der Waals surface area contributed by atoms with Crippen molar-refractivity contribution in [2.24, 2.45) is 18.9 Å². The topological polar surface area (TPSA) is 84.3 Å². The molecular weight excluding hydrogens is 490 g/mol. The van der Waals surface area contributed by atoms with Crippen molar-refractivity contribution in [2.75, 3.05) is 35.2 Å². The molecule has 8 nitrogen and oxygen atoms in total. The Labute approximate surface area is 212 Å². The summed E-state index contributed by atoms with van der Waals surface area (Å²) in [4.78, 5) is 23.5. The Balaban J connectivity index is 1.50. The number of piperidine rings is 1. The maximum atomic E-state index is 14.3. The van der Waals surface area contributed by atoms with E-state index in [-0.39, 0.29) is 24.7 Å². The smallest absolute Gasteiger partial charge is 0.295 e. The molecule has 2 aromatic heterocycles. The van der Waals surface area contributed by atoms with Crippen molar-refractivity contribution < 1.29 is 13.5 Å². The minimum Gasteiger partial charge on any atom is -0.486 e. The van der Waals surface area contributed by atoms with E-state index in [4.69, 9.17) is 16.3 Å². The molecule has 11 heteroatoms. The Morgan fingerprint density at radius 2 is 1.94 bits per heavy atom. The molecule has 0 aliphatic carbocycles. The standard InChI is InChI=1S/C25H29ClF2N6O2/c1-13-11-34(12-14(2)25(13,27)28)24-29-10-18(26)22(32-24)31-16-5-6-19-17(9-16)20-21(23(35)33(19)4)36-8-7-15(3)30-20/h5-6,9-10,13-15,30H,7-8,11-12H2,1-4H3,(H,29,31,32)/t13-,14+,15-/m0/s1. The first kappa shape index (κ1) is 24.5. The van der Waals surface area contributed by atoms with Crippen LogP contribution < -0.4 is 25.8 Å². The quantitative estimate of drug-likeness (QED) is 0.502. The van der Waals surface area contributed by atoms with Gasteiger partial charge in [-0.2, -0.15) is 4.98 Å². The summed E-state index contributed by atoms with van der Waals surface area (Å²) >= 11 is 6.40. The number of nitrogens with one attached hydrogen (secondary N) is 2. The Kier molecular flexibility index (Phi) is 6.18. The highest BCUT2D eigenvalue weighted by atomic mass is 35.5. The number of ether oxygens (including phenoxy) is 1. The zero-order valence-electron chi connectivity index (χ0n) is 20.6. The van der Waals surface area contributed by atoms with E-state index in [1.54, 1.807) is 30.4 Å². The van der Waals surface area contributed by atoms with Gasteiger partial charge in [-0.05, 0) is 25.1 Å². The zero-order chi connectivity index (χ0) is 25.8. The molecule has 0 unspecified atom stereocenters. The van der Waals surface area contributed by atoms with Crippen molar-refractivity contribution in [1.29, 1.82) is 0 Å². The summed E-state index contributed by atoms with van der Waals surface area (Å²) in [6.45, 7) is 5.89. The van der Waals surface area contributed by atoms with Crippen molar-refractivity contribution in [3.8, 4) is 5.75 Å². The second-order valence-corrected chi connectivity index (χ2v) is 10.3. The van der Waals surface area contributed by atoms with Gasteiger partial charge in [0.05, 0.1) is 24.0 Å². The minimum atomic E-state index is -2.73. The van der Waals surface area contributed by atoms with Gasteiger partial charge in [0.15, 0.2) is 5.82 Å². The summed E-state index contributed by atoms with van der Waals surface area (Å²) in [5.41, 5.74) is 1.91. The third-order valence-electron chi connectivity index (χ3n) is 7.12. The van der Waals surface area contributed by atoms with Crippen LogP contribution in [0.1, 0.15) is 27.2 Å². The van der Waals surface area contributed by atoms with E-state index in [0.717, 1.165) is 17.3 Å². The predicted octanol–water partition coefficient (Wildman–Crippen LogP) is 5.04. The van der Waals surface area contributed by atoms with Gasteiger partial charge in [-0.1, -0.05) is 25.4 Å². The molecule has 0 saturated carbocycles. The lowest BCUT2D eigenvalue weighted by Crippen LogP contribution is -2.52. The highest BCUT2D eigenvalue weighted by Gasteiger charge is 2.47. The maximum Gasteiger partial charge on any atom is 0.295 e. The van der Waals surface area contributed by atoms with Gasteiger partial charge < -0.3 is 24.8 Å². The number of pyridine rings is 1. The van der Waals surface area contributed by atoms with Crippen LogP contribution in [0.4, 0.5) is 31.9 Å². The second-order valence-electron chi connectivity index (χ2n) is 9.86. The number of hydrogen-bond acceptors (Lipinski definition) is 7. The van der Waals surface area contributed by atoms with Gasteiger partial charge in [-0.15, -0.1) is 0 Å². The summed E-state index contributed by atoms with van der Waals surface area (Å²) in [6, 6.07) is 5.73. The third kappa shape index (κ3) is 4.21. The fourth-order valence-electron chi connectivity index (χ4n) is 4.89. The van der Waals surface area contributed by atoms with Gasteiger partial charge in [-0.25, -0.2) is 13.8 Å². The summed E-state index contributed by atoms with van der Waals surface area (Å²) in [5, 5.41) is 7.77. The van der Waals surface area contributed by atoms with Crippen LogP contribution in [0.15, 0.2) is 29.2 Å². The minimum absolute atomic E-state index is 0.138. The SMILES string of the molecule is C[C@@H]1CN(c2ncc(Cl)c(Nc3ccc4c(c3)c3c(c(=O)n4C)OCC[C@H](C)N3)n2)C[C@H](C)C1(F)F. The lowest BCUT2D eigenvalue weighted by Gasteiger charge is -2.41. The van der Waals surface area contributed by atoms with Crippen LogP contribution in [0, 0.1) is 11.8 Å². The van der Waals surface area contributed by atoms with E-state index < -0.39 is 17.8 Å². The Hall–Kier alpha value is -3.14. The highest BCUT2D eigenvalue weighted by molar-refractivity contribution is 6.32. The molecule has 192 valence electrons. The van der Waals surface area contributed by atoms with Gasteiger partial charge in [0.2, 0.25) is 11.7 Å². The molecule has 0 spiro atoms. The fourth-order valence-corrected chi connectivity index (χ4v) is 5.03. The van der Waals surface area contributed by atoms with E-state index >= 15 is 0 Å². The van der Waals surface area contributed by atoms with Gasteiger partial charge in [0, 0.05) is 55.5 Å². The molecule has 0 amide bonds. The van der Waals surface area contributed by atoms with Gasteiger partial charge in [0.25, 0.3) is 11.5 Å². The number of fused-ring (bicyclic) bond motifs is 3. The van der Waals surface area contributed by atoms with E-state index in [2.05, 4.69) is 20.6 Å². The van der Waals surface area contributed by atoms with Crippen molar-refractivity contribution in [1.82, 2.24) is 14.5 Å². The maximum absolute atomic E-state index is 14.3. The molecule has 5 rings (SSSR count). The average Bonchev–Trinajstić information content (AvgIpc) is 3.04. The molecule has 3 aromatic rings. The number of aromatic nitrogens is 3. The van der Waals surface area contributed by atoms with Crippen LogP contribution in [0.3, 0.4) is 0 Å². The number of aryl methyl sites for hydroxylation is 1. The van der Waals surface area contributed by atoms with Crippen molar-refractivity contribution in [2.45, 2.75) is 39.2 Å². The number of halogens is 3. The third-order valence-corrected chi connectivity index (χ3v) is 7.40. The molecule has 0 radical (unpaired) electrons. The van der Waals surface area contributed by atoms with E-state index in [0.29, 0.717) is 40.5 Å². The van der Waals surface area contributed by atoms with E-state index in [1.807, 2.05) is 25.1 Å². The van der Waals surface area contributed by atoms with Gasteiger partial charge in [-0.3, -0.25) is 4.79 Å². The summed E-state index contributed by atoms with van der Waals surface area (Å²) in [7, 11) is 1.72. The molecule has 0 bridgehead atoms. The van der Waals surface area contributed by atoms with Crippen molar-refractivity contribution in [3.63, 3.8) is 0 Å². The fraction of sp³-hybridized carbons (Fsp3) is 0.480. The summed E-state index contributed by atoms with van der Waals surface area (Å²) in [6.07, 6.45) is 2.25. The molecule has 2 N–H and O–H groups in total. The van der Waals surface area contributed by atoms with Gasteiger partial charge >= 0.3 is 0 Å². The molecule has 36 heavy (non-hydrogen) atoms. The average molecular weight is 519 g/mol. The van der Waals surface area contributed by atoms with Crippen molar-refractivity contribution in [3.05, 3.63) is 39.8 Å². The molecule has 2 aliphatic heterocycles. The number of rotatable bonds is 3. The molecule has 1 fully saturated rings. The number of nitrogens with zero attached hydrogens (tertiary/aromatic N) is 4. The molecule has 4 heterocycles. The molecule has 2 aliphatic rings. The number of alkyl halides is 2. The lowest BCUT2D eigenvalue weighted by atomic mass is 9.87. The monoisotopic (exact) mass is 518 g/mol. The summed E-state index contributed by atoms with van der Waals surface area (Å²) < 4.78 is 36.0. The first-order valence-corrected chi connectivity index (χ1v) is 12.4. The van der Waals surface area contributed by atoms with Crippen LogP contribution in [-0.2, 0) is 7.05 Å². The molecule has 1 aromatic carbocycles. The highest BCUT2D eigenvalue weighted by Crippen LogP contribution is 2.39. The Morgan fingerprint density at radius 3 is 2.67 bits per heavy atom.